The molecule has 3 nitrogen and oxygen atoms in total. The first-order valence-electron chi connectivity index (χ1n) is 6.33. The van der Waals surface area contributed by atoms with E-state index in [0.717, 1.165) is 29.3 Å². The summed E-state index contributed by atoms with van der Waals surface area (Å²) in [6, 6.07) is 8.10. The highest BCUT2D eigenvalue weighted by Crippen LogP contribution is 2.26. The molecule has 106 valence electrons. The second kappa shape index (κ2) is 7.27. The standard InChI is InChI=1S/C14H19BrN2O.ClH/c1-17(9-10-5-7-11(15)8-6-10)14(18)12-3-2-4-13(12)16;/h5-8,12-13H,2-4,9,16H2,1H3;1H. The topological polar surface area (TPSA) is 46.3 Å². The molecule has 2 atom stereocenters. The van der Waals surface area contributed by atoms with Gasteiger partial charge in [-0.25, -0.2) is 0 Å². The predicted octanol–water partition coefficient (Wildman–Crippen LogP) is 2.96. The van der Waals surface area contributed by atoms with Gasteiger partial charge in [-0.2, -0.15) is 0 Å². The maximum absolute atomic E-state index is 12.3. The molecule has 1 aliphatic rings. The van der Waals surface area contributed by atoms with E-state index in [1.54, 1.807) is 4.90 Å². The van der Waals surface area contributed by atoms with Crippen molar-refractivity contribution in [1.29, 1.82) is 0 Å². The van der Waals surface area contributed by atoms with E-state index < -0.39 is 0 Å². The number of hydrogen-bond donors (Lipinski definition) is 1. The highest BCUT2D eigenvalue weighted by molar-refractivity contribution is 9.10. The van der Waals surface area contributed by atoms with Crippen LogP contribution in [0.25, 0.3) is 0 Å². The largest absolute Gasteiger partial charge is 0.341 e. The summed E-state index contributed by atoms with van der Waals surface area (Å²) in [5, 5.41) is 0. The number of carbonyl (C=O) groups is 1. The van der Waals surface area contributed by atoms with Gasteiger partial charge in [0.25, 0.3) is 0 Å². The molecule has 1 fully saturated rings. The molecule has 19 heavy (non-hydrogen) atoms. The maximum Gasteiger partial charge on any atom is 0.227 e. The van der Waals surface area contributed by atoms with Crippen molar-refractivity contribution in [3.63, 3.8) is 0 Å². The van der Waals surface area contributed by atoms with Gasteiger partial charge in [-0.05, 0) is 30.5 Å². The zero-order chi connectivity index (χ0) is 13.1. The number of amides is 1. The molecule has 2 unspecified atom stereocenters. The molecule has 0 saturated heterocycles. The predicted molar refractivity (Wildman–Crippen MR) is 83.2 cm³/mol. The zero-order valence-electron chi connectivity index (χ0n) is 11.0. The van der Waals surface area contributed by atoms with Gasteiger partial charge in [-0.15, -0.1) is 12.4 Å². The number of benzene rings is 1. The Labute approximate surface area is 129 Å². The molecular formula is C14H20BrClN2O. The van der Waals surface area contributed by atoms with E-state index in [4.69, 9.17) is 5.73 Å². The van der Waals surface area contributed by atoms with Gasteiger partial charge in [-0.3, -0.25) is 4.79 Å². The Kier molecular flexibility index (Phi) is 6.30. The fourth-order valence-corrected chi connectivity index (χ4v) is 2.78. The van der Waals surface area contributed by atoms with Crippen molar-refractivity contribution in [3.05, 3.63) is 34.3 Å². The van der Waals surface area contributed by atoms with E-state index >= 15 is 0 Å². The van der Waals surface area contributed by atoms with Gasteiger partial charge in [0.15, 0.2) is 0 Å². The van der Waals surface area contributed by atoms with Gasteiger partial charge in [0.05, 0.1) is 5.92 Å². The van der Waals surface area contributed by atoms with Crippen LogP contribution in [0.2, 0.25) is 0 Å². The summed E-state index contributed by atoms with van der Waals surface area (Å²) >= 11 is 3.41. The van der Waals surface area contributed by atoms with Crippen LogP contribution >= 0.6 is 28.3 Å². The molecule has 1 aromatic rings. The van der Waals surface area contributed by atoms with E-state index in [1.807, 2.05) is 31.3 Å². The Balaban J connectivity index is 0.00000180. The number of halogens is 2. The molecule has 1 aromatic carbocycles. The minimum absolute atomic E-state index is 0. The van der Waals surface area contributed by atoms with E-state index in [-0.39, 0.29) is 30.3 Å². The quantitative estimate of drug-likeness (QED) is 0.914. The van der Waals surface area contributed by atoms with Gasteiger partial charge in [-0.1, -0.05) is 34.5 Å². The van der Waals surface area contributed by atoms with Crippen molar-refractivity contribution in [2.45, 2.75) is 31.8 Å². The molecule has 0 bridgehead atoms. The molecule has 0 radical (unpaired) electrons. The first-order valence-corrected chi connectivity index (χ1v) is 7.12. The number of hydrogen-bond acceptors (Lipinski definition) is 2. The van der Waals surface area contributed by atoms with Crippen LogP contribution in [0.1, 0.15) is 24.8 Å². The van der Waals surface area contributed by atoms with Crippen LogP contribution in [0.5, 0.6) is 0 Å². The second-order valence-electron chi connectivity index (χ2n) is 5.02. The monoisotopic (exact) mass is 346 g/mol. The second-order valence-corrected chi connectivity index (χ2v) is 5.94. The summed E-state index contributed by atoms with van der Waals surface area (Å²) in [5.74, 6) is 0.202. The van der Waals surface area contributed by atoms with E-state index in [2.05, 4.69) is 15.9 Å². The summed E-state index contributed by atoms with van der Waals surface area (Å²) < 4.78 is 1.05. The normalized spacial score (nSPS) is 21.8. The molecule has 0 heterocycles. The lowest BCUT2D eigenvalue weighted by atomic mass is 10.0. The summed E-state index contributed by atoms with van der Waals surface area (Å²) in [6.07, 6.45) is 2.98. The van der Waals surface area contributed by atoms with Crippen LogP contribution in [0.4, 0.5) is 0 Å². The summed E-state index contributed by atoms with van der Waals surface area (Å²) in [4.78, 5) is 14.1. The first kappa shape index (κ1) is 16.5. The van der Waals surface area contributed by atoms with Crippen LogP contribution in [0, 0.1) is 5.92 Å². The number of nitrogens with two attached hydrogens (primary N) is 1. The highest BCUT2D eigenvalue weighted by atomic mass is 79.9. The minimum atomic E-state index is 0. The van der Waals surface area contributed by atoms with Crippen LogP contribution in [-0.4, -0.2) is 23.9 Å². The SMILES string of the molecule is CN(Cc1ccc(Br)cc1)C(=O)C1CCCC1N.Cl. The van der Waals surface area contributed by atoms with E-state index in [9.17, 15) is 4.79 Å². The zero-order valence-corrected chi connectivity index (χ0v) is 13.4. The molecule has 2 rings (SSSR count). The average Bonchev–Trinajstić information content (AvgIpc) is 2.77. The minimum Gasteiger partial charge on any atom is -0.341 e. The van der Waals surface area contributed by atoms with E-state index in [0.29, 0.717) is 6.54 Å². The van der Waals surface area contributed by atoms with Crippen LogP contribution in [0.15, 0.2) is 28.7 Å². The Bertz CT molecular complexity index is 424. The third-order valence-electron chi connectivity index (χ3n) is 3.60. The number of rotatable bonds is 3. The van der Waals surface area contributed by atoms with Crippen LogP contribution in [0.3, 0.4) is 0 Å². The van der Waals surface area contributed by atoms with E-state index in [1.165, 1.54) is 0 Å². The Hall–Kier alpha value is -0.580. The average molecular weight is 348 g/mol. The molecule has 0 aliphatic heterocycles. The molecule has 2 N–H and O–H groups in total. The summed E-state index contributed by atoms with van der Waals surface area (Å²) in [6.45, 7) is 0.648. The molecule has 0 spiro atoms. The van der Waals surface area contributed by atoms with Crippen molar-refractivity contribution in [2.24, 2.45) is 11.7 Å². The first-order chi connectivity index (χ1) is 8.58. The molecule has 1 saturated carbocycles. The smallest absolute Gasteiger partial charge is 0.227 e. The van der Waals surface area contributed by atoms with Crippen molar-refractivity contribution < 1.29 is 4.79 Å². The lowest BCUT2D eigenvalue weighted by Gasteiger charge is -2.23. The van der Waals surface area contributed by atoms with Crippen LogP contribution in [-0.2, 0) is 11.3 Å². The van der Waals surface area contributed by atoms with Crippen molar-refractivity contribution in [3.8, 4) is 0 Å². The summed E-state index contributed by atoms with van der Waals surface area (Å²) in [5.41, 5.74) is 7.12. The van der Waals surface area contributed by atoms with Crippen molar-refractivity contribution in [2.75, 3.05) is 7.05 Å². The molecule has 1 amide bonds. The van der Waals surface area contributed by atoms with Crippen LogP contribution < -0.4 is 5.73 Å². The molecular weight excluding hydrogens is 328 g/mol. The summed E-state index contributed by atoms with van der Waals surface area (Å²) in [7, 11) is 1.86. The molecule has 1 aliphatic carbocycles. The van der Waals surface area contributed by atoms with Gasteiger partial charge in [0.2, 0.25) is 5.91 Å². The Morgan fingerprint density at radius 1 is 1.37 bits per heavy atom. The Morgan fingerprint density at radius 3 is 2.53 bits per heavy atom. The maximum atomic E-state index is 12.3. The number of nitrogens with zero attached hydrogens (tertiary/aromatic N) is 1. The Morgan fingerprint density at radius 2 is 2.00 bits per heavy atom. The highest BCUT2D eigenvalue weighted by Gasteiger charge is 2.32. The van der Waals surface area contributed by atoms with Gasteiger partial charge >= 0.3 is 0 Å². The van der Waals surface area contributed by atoms with Gasteiger partial charge < -0.3 is 10.6 Å². The van der Waals surface area contributed by atoms with Gasteiger partial charge in [0, 0.05) is 24.1 Å². The molecule has 5 heteroatoms. The fourth-order valence-electron chi connectivity index (χ4n) is 2.52. The third-order valence-corrected chi connectivity index (χ3v) is 4.12. The van der Waals surface area contributed by atoms with Crippen molar-refractivity contribution >= 4 is 34.2 Å². The molecule has 0 aromatic heterocycles. The lowest BCUT2D eigenvalue weighted by molar-refractivity contribution is -0.134. The third kappa shape index (κ3) is 4.20. The van der Waals surface area contributed by atoms with Crippen molar-refractivity contribution in [1.82, 2.24) is 4.90 Å². The van der Waals surface area contributed by atoms with Gasteiger partial charge in [0.1, 0.15) is 0 Å². The number of carbonyl (C=O) groups excluding carboxylic acids is 1. The fraction of sp³-hybridized carbons (Fsp3) is 0.500. The lowest BCUT2D eigenvalue weighted by Crippen LogP contribution is -2.39.